The molecule has 124 valence electrons. The lowest BCUT2D eigenvalue weighted by molar-refractivity contribution is 0.704. The minimum atomic E-state index is 0.319. The third-order valence-corrected chi connectivity index (χ3v) is 5.51. The Bertz CT molecular complexity index is 770. The molecule has 0 spiro atoms. The molecule has 2 unspecified atom stereocenters. The SMILES string of the molecule is C/C=C(C)\C(=C/Nc1ccccc1C1(C)CC1C)c1ccccc1. The maximum Gasteiger partial charge on any atom is 0.0418 e. The predicted molar refractivity (Wildman–Crippen MR) is 105 cm³/mol. The molecule has 0 amide bonds. The fourth-order valence-electron chi connectivity index (χ4n) is 3.41. The average molecular weight is 317 g/mol. The lowest BCUT2D eigenvalue weighted by Crippen LogP contribution is -2.07. The van der Waals surface area contributed by atoms with Gasteiger partial charge in [-0.2, -0.15) is 0 Å². The third kappa shape index (κ3) is 3.17. The van der Waals surface area contributed by atoms with Crippen LogP contribution in [0.4, 0.5) is 5.69 Å². The normalized spacial score (nSPS) is 23.9. The number of nitrogens with one attached hydrogen (secondary N) is 1. The van der Waals surface area contributed by atoms with Crippen molar-refractivity contribution in [2.75, 3.05) is 5.32 Å². The Kier molecular flexibility index (Phi) is 4.62. The molecule has 1 N–H and O–H groups in total. The van der Waals surface area contributed by atoms with Crippen molar-refractivity contribution in [3.05, 3.63) is 83.6 Å². The van der Waals surface area contributed by atoms with Gasteiger partial charge in [-0.3, -0.25) is 0 Å². The molecule has 1 aliphatic carbocycles. The van der Waals surface area contributed by atoms with E-state index in [0.29, 0.717) is 5.41 Å². The van der Waals surface area contributed by atoms with Crippen molar-refractivity contribution in [3.63, 3.8) is 0 Å². The molecule has 0 radical (unpaired) electrons. The summed E-state index contributed by atoms with van der Waals surface area (Å²) in [5.41, 5.74) is 6.73. The average Bonchev–Trinajstić information content (AvgIpc) is 3.24. The third-order valence-electron chi connectivity index (χ3n) is 5.51. The molecule has 2 aromatic carbocycles. The van der Waals surface area contributed by atoms with Crippen LogP contribution in [0.5, 0.6) is 0 Å². The number of anilines is 1. The molecular weight excluding hydrogens is 290 g/mol. The zero-order valence-corrected chi connectivity index (χ0v) is 15.1. The highest BCUT2D eigenvalue weighted by Gasteiger charge is 2.48. The van der Waals surface area contributed by atoms with E-state index in [1.165, 1.54) is 34.4 Å². The first-order chi connectivity index (χ1) is 11.6. The molecule has 0 saturated heterocycles. The number of para-hydroxylation sites is 1. The second-order valence-corrected chi connectivity index (χ2v) is 7.11. The first kappa shape index (κ1) is 16.6. The molecule has 0 aromatic heterocycles. The maximum atomic E-state index is 3.59. The van der Waals surface area contributed by atoms with E-state index in [0.717, 1.165) is 5.92 Å². The first-order valence-electron chi connectivity index (χ1n) is 8.81. The van der Waals surface area contributed by atoms with E-state index in [4.69, 9.17) is 0 Å². The van der Waals surface area contributed by atoms with Crippen molar-refractivity contribution in [2.45, 2.75) is 39.5 Å². The van der Waals surface area contributed by atoms with E-state index in [1.54, 1.807) is 0 Å². The van der Waals surface area contributed by atoms with Crippen molar-refractivity contribution >= 4 is 11.3 Å². The lowest BCUT2D eigenvalue weighted by atomic mass is 9.94. The second-order valence-electron chi connectivity index (χ2n) is 7.11. The van der Waals surface area contributed by atoms with Crippen LogP contribution in [0.15, 0.2) is 72.4 Å². The molecule has 2 aromatic rings. The van der Waals surface area contributed by atoms with E-state index < -0.39 is 0 Å². The quantitative estimate of drug-likeness (QED) is 0.629. The summed E-state index contributed by atoms with van der Waals surface area (Å²) >= 11 is 0. The molecule has 1 saturated carbocycles. The van der Waals surface area contributed by atoms with Crippen LogP contribution in [0.1, 0.15) is 45.2 Å². The summed E-state index contributed by atoms with van der Waals surface area (Å²) in [6, 6.07) is 19.3. The zero-order chi connectivity index (χ0) is 17.2. The summed E-state index contributed by atoms with van der Waals surface area (Å²) in [6.45, 7) is 8.97. The van der Waals surface area contributed by atoms with Gasteiger partial charge in [-0.1, -0.05) is 68.5 Å². The van der Waals surface area contributed by atoms with Gasteiger partial charge < -0.3 is 5.32 Å². The molecule has 0 bridgehead atoms. The smallest absolute Gasteiger partial charge is 0.0418 e. The van der Waals surface area contributed by atoms with Crippen LogP contribution >= 0.6 is 0 Å². The van der Waals surface area contributed by atoms with E-state index in [1.807, 2.05) is 0 Å². The van der Waals surface area contributed by atoms with E-state index >= 15 is 0 Å². The summed E-state index contributed by atoms with van der Waals surface area (Å²) in [7, 11) is 0. The van der Waals surface area contributed by atoms with Crippen molar-refractivity contribution in [1.82, 2.24) is 0 Å². The molecular formula is C23H27N. The molecule has 1 heteroatoms. The Hall–Kier alpha value is -2.28. The van der Waals surface area contributed by atoms with Gasteiger partial charge in [0.15, 0.2) is 0 Å². The number of benzene rings is 2. The molecule has 3 rings (SSSR count). The van der Waals surface area contributed by atoms with Gasteiger partial charge in [0.2, 0.25) is 0 Å². The standard InChI is InChI=1S/C23H27N/c1-5-17(2)20(19-11-7-6-8-12-19)16-24-22-14-10-9-13-21(22)23(4)15-18(23)3/h5-14,16,18,24H,15H2,1-4H3/b17-5-,20-16+. The van der Waals surface area contributed by atoms with Crippen LogP contribution in [0.25, 0.3) is 5.57 Å². The Labute approximate surface area is 146 Å². The van der Waals surface area contributed by atoms with Crippen LogP contribution in [-0.2, 0) is 5.41 Å². The maximum absolute atomic E-state index is 3.59. The molecule has 1 aliphatic rings. The van der Waals surface area contributed by atoms with Crippen molar-refractivity contribution in [2.24, 2.45) is 5.92 Å². The summed E-state index contributed by atoms with van der Waals surface area (Å²) in [5.74, 6) is 0.760. The fraction of sp³-hybridized carbons (Fsp3) is 0.304. The van der Waals surface area contributed by atoms with Gasteiger partial charge in [0.05, 0.1) is 0 Å². The van der Waals surface area contributed by atoms with Crippen molar-refractivity contribution in [1.29, 1.82) is 0 Å². The predicted octanol–water partition coefficient (Wildman–Crippen LogP) is 6.40. The van der Waals surface area contributed by atoms with Crippen molar-refractivity contribution < 1.29 is 0 Å². The van der Waals surface area contributed by atoms with Crippen LogP contribution in [-0.4, -0.2) is 0 Å². The second kappa shape index (κ2) is 6.68. The van der Waals surface area contributed by atoms with E-state index in [2.05, 4.69) is 99.9 Å². The van der Waals surface area contributed by atoms with Gasteiger partial charge in [0, 0.05) is 17.5 Å². The molecule has 24 heavy (non-hydrogen) atoms. The Morgan fingerprint density at radius 1 is 1.08 bits per heavy atom. The molecule has 1 nitrogen and oxygen atoms in total. The van der Waals surface area contributed by atoms with Gasteiger partial charge in [0.25, 0.3) is 0 Å². The largest absolute Gasteiger partial charge is 0.361 e. The minimum absolute atomic E-state index is 0.319. The fourth-order valence-corrected chi connectivity index (χ4v) is 3.41. The number of allylic oxidation sites excluding steroid dienone is 3. The zero-order valence-electron chi connectivity index (χ0n) is 15.1. The van der Waals surface area contributed by atoms with Gasteiger partial charge in [0.1, 0.15) is 0 Å². The van der Waals surface area contributed by atoms with Gasteiger partial charge >= 0.3 is 0 Å². The highest BCUT2D eigenvalue weighted by atomic mass is 14.9. The van der Waals surface area contributed by atoms with Crippen LogP contribution in [0.3, 0.4) is 0 Å². The summed E-state index contributed by atoms with van der Waals surface area (Å²) < 4.78 is 0. The van der Waals surface area contributed by atoms with Crippen molar-refractivity contribution in [3.8, 4) is 0 Å². The summed E-state index contributed by atoms with van der Waals surface area (Å²) in [6.07, 6.45) is 5.59. The van der Waals surface area contributed by atoms with Crippen LogP contribution in [0, 0.1) is 5.92 Å². The van der Waals surface area contributed by atoms with Gasteiger partial charge in [-0.25, -0.2) is 0 Å². The van der Waals surface area contributed by atoms with Crippen LogP contribution in [0.2, 0.25) is 0 Å². The molecule has 0 heterocycles. The molecule has 2 atom stereocenters. The highest BCUT2D eigenvalue weighted by molar-refractivity contribution is 5.80. The van der Waals surface area contributed by atoms with Crippen LogP contribution < -0.4 is 5.32 Å². The first-order valence-corrected chi connectivity index (χ1v) is 8.81. The van der Waals surface area contributed by atoms with Gasteiger partial charge in [-0.15, -0.1) is 0 Å². The van der Waals surface area contributed by atoms with E-state index in [-0.39, 0.29) is 0 Å². The van der Waals surface area contributed by atoms with Gasteiger partial charge in [-0.05, 0) is 54.4 Å². The number of rotatable bonds is 5. The topological polar surface area (TPSA) is 12.0 Å². The molecule has 0 aliphatic heterocycles. The molecule has 1 fully saturated rings. The summed E-state index contributed by atoms with van der Waals surface area (Å²) in [4.78, 5) is 0. The number of hydrogen-bond acceptors (Lipinski definition) is 1. The highest BCUT2D eigenvalue weighted by Crippen LogP contribution is 2.55. The number of hydrogen-bond donors (Lipinski definition) is 1. The Balaban J connectivity index is 1.94. The monoisotopic (exact) mass is 317 g/mol. The van der Waals surface area contributed by atoms with E-state index in [9.17, 15) is 0 Å². The minimum Gasteiger partial charge on any atom is -0.361 e. The lowest BCUT2D eigenvalue weighted by Gasteiger charge is -2.17. The Morgan fingerprint density at radius 3 is 2.33 bits per heavy atom. The Morgan fingerprint density at radius 2 is 1.71 bits per heavy atom. The summed E-state index contributed by atoms with van der Waals surface area (Å²) in [5, 5.41) is 3.59.